The zero-order valence-electron chi connectivity index (χ0n) is 12.9. The highest BCUT2D eigenvalue weighted by molar-refractivity contribution is 5.51. The summed E-state index contributed by atoms with van der Waals surface area (Å²) < 4.78 is 0.730. The number of likely N-dealkylation sites (N-methyl/N-ethyl adjacent to an activating group) is 1. The van der Waals surface area contributed by atoms with Gasteiger partial charge in [0.15, 0.2) is 6.67 Å². The van der Waals surface area contributed by atoms with E-state index in [9.17, 15) is 0 Å². The Morgan fingerprint density at radius 2 is 1.86 bits per heavy atom. The van der Waals surface area contributed by atoms with Gasteiger partial charge in [-0.1, -0.05) is 48.5 Å². The Labute approximate surface area is 130 Å². The third-order valence-corrected chi connectivity index (χ3v) is 5.93. The molecule has 0 saturated heterocycles. The van der Waals surface area contributed by atoms with Crippen LogP contribution in [0.5, 0.6) is 0 Å². The zero-order valence-corrected chi connectivity index (χ0v) is 12.9. The van der Waals surface area contributed by atoms with Gasteiger partial charge < -0.3 is 4.48 Å². The highest BCUT2D eigenvalue weighted by Crippen LogP contribution is 2.59. The van der Waals surface area contributed by atoms with E-state index in [2.05, 4.69) is 72.5 Å². The zero-order chi connectivity index (χ0) is 15.4. The van der Waals surface area contributed by atoms with Gasteiger partial charge in [-0.05, 0) is 23.1 Å². The quantitative estimate of drug-likeness (QED) is 0.343. The standard InChI is InChI=1S/C18H19N4/c1-18-15-9-5-3-7-13(15)11-17(22(18,2)12-20-21-19)14-8-4-6-10-16(14)18/h3-10,17H,11-12H2,1-2H3/q+1/t17-,18+,22+/m0/s1. The fourth-order valence-corrected chi connectivity index (χ4v) is 4.64. The van der Waals surface area contributed by atoms with Crippen LogP contribution in [-0.4, -0.2) is 18.2 Å². The first kappa shape index (κ1) is 13.4. The molecule has 0 unspecified atom stereocenters. The average Bonchev–Trinajstić information content (AvgIpc) is 2.67. The Morgan fingerprint density at radius 3 is 2.64 bits per heavy atom. The van der Waals surface area contributed by atoms with E-state index in [1.54, 1.807) is 0 Å². The van der Waals surface area contributed by atoms with E-state index in [1.165, 1.54) is 22.3 Å². The van der Waals surface area contributed by atoms with Crippen molar-refractivity contribution in [2.45, 2.75) is 24.9 Å². The second kappa shape index (κ2) is 4.35. The van der Waals surface area contributed by atoms with Crippen molar-refractivity contribution in [1.29, 1.82) is 0 Å². The summed E-state index contributed by atoms with van der Waals surface area (Å²) in [6.07, 6.45) is 1.00. The van der Waals surface area contributed by atoms with Crippen LogP contribution in [0, 0.1) is 0 Å². The lowest BCUT2D eigenvalue weighted by atomic mass is 9.79. The summed E-state index contributed by atoms with van der Waals surface area (Å²) in [6, 6.07) is 17.8. The number of hydrogen-bond acceptors (Lipinski definition) is 1. The number of hydrogen-bond donors (Lipinski definition) is 0. The van der Waals surface area contributed by atoms with Gasteiger partial charge in [-0.25, -0.2) is 0 Å². The molecule has 4 nitrogen and oxygen atoms in total. The number of azide groups is 1. The van der Waals surface area contributed by atoms with Crippen molar-refractivity contribution >= 4 is 0 Å². The molecule has 0 N–H and O–H groups in total. The fraction of sp³-hybridized carbons (Fsp3) is 0.333. The van der Waals surface area contributed by atoms with Crippen molar-refractivity contribution < 1.29 is 4.48 Å². The molecule has 4 rings (SSSR count). The van der Waals surface area contributed by atoms with E-state index < -0.39 is 0 Å². The molecular formula is C18H19N4+. The Kier molecular flexibility index (Phi) is 2.65. The van der Waals surface area contributed by atoms with Crippen molar-refractivity contribution in [3.05, 3.63) is 81.2 Å². The SMILES string of the molecule is C[C@@]12c3ccccc3C[C@@H](c3ccccc31)[N@@+]2(C)CN=[N+]=[N-]. The molecule has 2 bridgehead atoms. The number of fused-ring (bicyclic) bond motifs is 7. The number of rotatable bonds is 2. The fourth-order valence-electron chi connectivity index (χ4n) is 4.64. The summed E-state index contributed by atoms with van der Waals surface area (Å²) in [7, 11) is 2.23. The lowest BCUT2D eigenvalue weighted by Crippen LogP contribution is -2.59. The maximum absolute atomic E-state index is 8.85. The molecule has 2 aliphatic rings. The lowest BCUT2D eigenvalue weighted by molar-refractivity contribution is -0.981. The summed E-state index contributed by atoms with van der Waals surface area (Å²) in [5.41, 5.74) is 14.2. The summed E-state index contributed by atoms with van der Waals surface area (Å²) in [6.45, 7) is 2.78. The molecule has 2 aromatic carbocycles. The minimum Gasteiger partial charge on any atom is -0.303 e. The number of benzene rings is 2. The van der Waals surface area contributed by atoms with Crippen molar-refractivity contribution in [2.24, 2.45) is 5.11 Å². The van der Waals surface area contributed by atoms with Crippen LogP contribution in [-0.2, 0) is 12.0 Å². The van der Waals surface area contributed by atoms with E-state index in [4.69, 9.17) is 5.53 Å². The van der Waals surface area contributed by atoms with E-state index in [0.717, 1.165) is 10.9 Å². The third-order valence-electron chi connectivity index (χ3n) is 5.93. The van der Waals surface area contributed by atoms with Crippen LogP contribution >= 0.6 is 0 Å². The second-order valence-corrected chi connectivity index (χ2v) is 6.68. The smallest absolute Gasteiger partial charge is 0.160 e. The highest BCUT2D eigenvalue weighted by Gasteiger charge is 2.61. The normalized spacial score (nSPS) is 31.1. The largest absolute Gasteiger partial charge is 0.303 e. The minimum absolute atomic E-state index is 0.162. The van der Waals surface area contributed by atoms with Crippen LogP contribution in [0.4, 0.5) is 0 Å². The van der Waals surface area contributed by atoms with Crippen molar-refractivity contribution in [3.63, 3.8) is 0 Å². The first-order valence-electron chi connectivity index (χ1n) is 7.67. The van der Waals surface area contributed by atoms with Crippen molar-refractivity contribution in [1.82, 2.24) is 0 Å². The minimum atomic E-state index is -0.162. The first-order valence-corrected chi connectivity index (χ1v) is 7.67. The van der Waals surface area contributed by atoms with Crippen LogP contribution in [0.2, 0.25) is 0 Å². The van der Waals surface area contributed by atoms with Crippen LogP contribution in [0.15, 0.2) is 53.6 Å². The predicted octanol–water partition coefficient (Wildman–Crippen LogP) is 4.28. The van der Waals surface area contributed by atoms with Crippen LogP contribution in [0.25, 0.3) is 10.4 Å². The first-order chi connectivity index (χ1) is 10.6. The molecule has 3 atom stereocenters. The molecule has 110 valence electrons. The Hall–Kier alpha value is -2.29. The van der Waals surface area contributed by atoms with E-state index >= 15 is 0 Å². The monoisotopic (exact) mass is 291 g/mol. The molecular weight excluding hydrogens is 272 g/mol. The summed E-state index contributed by atoms with van der Waals surface area (Å²) in [4.78, 5) is 3.03. The maximum Gasteiger partial charge on any atom is 0.160 e. The van der Waals surface area contributed by atoms with Crippen LogP contribution in [0.3, 0.4) is 0 Å². The Morgan fingerprint density at radius 1 is 1.18 bits per heavy atom. The third kappa shape index (κ3) is 1.39. The molecule has 0 spiro atoms. The molecule has 0 fully saturated rings. The van der Waals surface area contributed by atoms with Crippen LogP contribution < -0.4 is 0 Å². The predicted molar refractivity (Wildman–Crippen MR) is 86.0 cm³/mol. The molecule has 22 heavy (non-hydrogen) atoms. The summed E-state index contributed by atoms with van der Waals surface area (Å²) in [5, 5.41) is 3.96. The van der Waals surface area contributed by atoms with E-state index in [0.29, 0.717) is 12.7 Å². The molecule has 0 aromatic heterocycles. The Bertz CT molecular complexity index is 795. The molecule has 0 saturated carbocycles. The number of quaternary nitrogens is 1. The van der Waals surface area contributed by atoms with Gasteiger partial charge in [-0.15, -0.1) is 0 Å². The van der Waals surface area contributed by atoms with Gasteiger partial charge in [-0.2, -0.15) is 0 Å². The van der Waals surface area contributed by atoms with Gasteiger partial charge in [0.05, 0.1) is 7.05 Å². The van der Waals surface area contributed by atoms with Crippen LogP contribution in [0.1, 0.15) is 35.2 Å². The van der Waals surface area contributed by atoms with E-state index in [-0.39, 0.29) is 5.54 Å². The average molecular weight is 291 g/mol. The van der Waals surface area contributed by atoms with Crippen molar-refractivity contribution in [3.8, 4) is 0 Å². The highest BCUT2D eigenvalue weighted by atomic mass is 15.5. The van der Waals surface area contributed by atoms with Gasteiger partial charge in [0.25, 0.3) is 0 Å². The summed E-state index contributed by atoms with van der Waals surface area (Å²) >= 11 is 0. The molecule has 4 heteroatoms. The molecule has 2 aromatic rings. The van der Waals surface area contributed by atoms with Gasteiger partial charge in [0.2, 0.25) is 0 Å². The van der Waals surface area contributed by atoms with Gasteiger partial charge in [-0.3, -0.25) is 0 Å². The van der Waals surface area contributed by atoms with Crippen molar-refractivity contribution in [2.75, 3.05) is 13.7 Å². The molecule has 0 radical (unpaired) electrons. The van der Waals surface area contributed by atoms with Gasteiger partial charge in [0, 0.05) is 28.0 Å². The molecule has 0 aliphatic carbocycles. The molecule has 2 heterocycles. The second-order valence-electron chi connectivity index (χ2n) is 6.68. The van der Waals surface area contributed by atoms with Gasteiger partial charge in [0.1, 0.15) is 11.6 Å². The van der Waals surface area contributed by atoms with Gasteiger partial charge >= 0.3 is 0 Å². The summed E-state index contributed by atoms with van der Waals surface area (Å²) in [5.74, 6) is 0. The topological polar surface area (TPSA) is 48.8 Å². The lowest BCUT2D eigenvalue weighted by Gasteiger charge is -2.51. The number of nitrogens with zero attached hydrogens (tertiary/aromatic N) is 4. The molecule has 0 amide bonds. The Balaban J connectivity index is 2.05. The molecule has 2 aliphatic heterocycles. The van der Waals surface area contributed by atoms with E-state index in [1.807, 2.05) is 0 Å². The maximum atomic E-state index is 8.85.